The summed E-state index contributed by atoms with van der Waals surface area (Å²) < 4.78 is 4.87. The largest absolute Gasteiger partial charge is 0.389 e. The maximum Gasteiger partial charge on any atom is 0.315 e. The number of urea groups is 1. The van der Waals surface area contributed by atoms with Crippen molar-refractivity contribution in [2.45, 2.75) is 26.0 Å². The third kappa shape index (κ3) is 5.31. The maximum atomic E-state index is 12.4. The monoisotopic (exact) mass is 342 g/mol. The topological polar surface area (TPSA) is 70.6 Å². The zero-order valence-corrected chi connectivity index (χ0v) is 15.0. The van der Waals surface area contributed by atoms with Crippen LogP contribution in [0.4, 0.5) is 4.79 Å². The zero-order valence-electron chi connectivity index (χ0n) is 15.0. The van der Waals surface area contributed by atoms with Crippen molar-refractivity contribution in [3.63, 3.8) is 0 Å². The Morgan fingerprint density at radius 2 is 1.56 bits per heavy atom. The summed E-state index contributed by atoms with van der Waals surface area (Å²) in [4.78, 5) is 12.4. The molecule has 5 heteroatoms. The number of rotatable bonds is 7. The quantitative estimate of drug-likeness (QED) is 0.724. The first kappa shape index (κ1) is 19.0. The lowest BCUT2D eigenvalue weighted by molar-refractivity contribution is 0.0659. The zero-order chi connectivity index (χ0) is 18.2. The summed E-state index contributed by atoms with van der Waals surface area (Å²) in [6.07, 6.45) is -0.730. The molecule has 25 heavy (non-hydrogen) atoms. The fraction of sp³-hybridized carbons (Fsp3) is 0.350. The van der Waals surface area contributed by atoms with Crippen LogP contribution in [0.5, 0.6) is 0 Å². The minimum absolute atomic E-state index is 0.133. The summed E-state index contributed by atoms with van der Waals surface area (Å²) in [6.45, 7) is 4.37. The van der Waals surface area contributed by atoms with Crippen LogP contribution in [0.2, 0.25) is 0 Å². The predicted octanol–water partition coefficient (Wildman–Crippen LogP) is 2.70. The lowest BCUT2D eigenvalue weighted by atomic mass is 9.92. The highest BCUT2D eigenvalue weighted by molar-refractivity contribution is 5.75. The number of ether oxygens (including phenoxy) is 1. The molecule has 0 spiro atoms. The van der Waals surface area contributed by atoms with Crippen molar-refractivity contribution in [2.75, 3.05) is 20.3 Å². The van der Waals surface area contributed by atoms with Gasteiger partial charge in [-0.2, -0.15) is 0 Å². The Kier molecular flexibility index (Phi) is 6.98. The summed E-state index contributed by atoms with van der Waals surface area (Å²) in [5, 5.41) is 15.4. The molecular weight excluding hydrogens is 316 g/mol. The molecule has 0 fully saturated rings. The molecule has 5 nitrogen and oxygen atoms in total. The van der Waals surface area contributed by atoms with Gasteiger partial charge in [0.05, 0.1) is 18.8 Å². The Bertz CT molecular complexity index is 657. The number of aryl methyl sites for hydroxylation is 2. The van der Waals surface area contributed by atoms with E-state index >= 15 is 0 Å². The van der Waals surface area contributed by atoms with Gasteiger partial charge in [0.15, 0.2) is 0 Å². The molecule has 0 saturated heterocycles. The average molecular weight is 342 g/mol. The lowest BCUT2D eigenvalue weighted by Gasteiger charge is -2.24. The molecule has 0 saturated carbocycles. The second-order valence-electron chi connectivity index (χ2n) is 6.11. The summed E-state index contributed by atoms with van der Waals surface area (Å²) in [7, 11) is 1.51. The van der Waals surface area contributed by atoms with E-state index in [1.807, 2.05) is 62.4 Å². The van der Waals surface area contributed by atoms with E-state index in [1.54, 1.807) is 0 Å². The van der Waals surface area contributed by atoms with Crippen LogP contribution in [0.3, 0.4) is 0 Å². The van der Waals surface area contributed by atoms with E-state index in [-0.39, 0.29) is 25.2 Å². The number of aliphatic hydroxyl groups excluding tert-OH is 1. The van der Waals surface area contributed by atoms with E-state index in [4.69, 9.17) is 4.74 Å². The van der Waals surface area contributed by atoms with Crippen LogP contribution in [-0.4, -0.2) is 37.5 Å². The first-order chi connectivity index (χ1) is 12.0. The van der Waals surface area contributed by atoms with Crippen molar-refractivity contribution < 1.29 is 14.6 Å². The van der Waals surface area contributed by atoms with E-state index in [1.165, 1.54) is 7.11 Å². The smallest absolute Gasteiger partial charge is 0.315 e. The third-order valence-electron chi connectivity index (χ3n) is 4.13. The van der Waals surface area contributed by atoms with Crippen LogP contribution in [-0.2, 0) is 4.74 Å². The first-order valence-electron chi connectivity index (χ1n) is 8.35. The number of hydrogen-bond donors (Lipinski definition) is 3. The van der Waals surface area contributed by atoms with E-state index in [0.29, 0.717) is 0 Å². The van der Waals surface area contributed by atoms with Crippen molar-refractivity contribution >= 4 is 6.03 Å². The number of amides is 2. The van der Waals surface area contributed by atoms with Gasteiger partial charge < -0.3 is 20.5 Å². The Hall–Kier alpha value is -2.37. The minimum atomic E-state index is -0.730. The van der Waals surface area contributed by atoms with E-state index in [9.17, 15) is 9.90 Å². The summed E-state index contributed by atoms with van der Waals surface area (Å²) in [5.41, 5.74) is 4.31. The Labute approximate surface area is 149 Å². The Balaban J connectivity index is 2.20. The molecule has 0 aliphatic rings. The highest BCUT2D eigenvalue weighted by Crippen LogP contribution is 2.27. The second kappa shape index (κ2) is 9.20. The maximum absolute atomic E-state index is 12.4. The van der Waals surface area contributed by atoms with Gasteiger partial charge >= 0.3 is 6.03 Å². The van der Waals surface area contributed by atoms with Crippen molar-refractivity contribution in [1.29, 1.82) is 0 Å². The summed E-state index contributed by atoms with van der Waals surface area (Å²) in [5.74, 6) is 0. The average Bonchev–Trinajstić information content (AvgIpc) is 2.60. The number of aliphatic hydroxyl groups is 1. The van der Waals surface area contributed by atoms with E-state index < -0.39 is 6.10 Å². The van der Waals surface area contributed by atoms with Crippen molar-refractivity contribution in [1.82, 2.24) is 10.6 Å². The fourth-order valence-corrected chi connectivity index (χ4v) is 2.79. The number of hydrogen-bond acceptors (Lipinski definition) is 3. The molecule has 0 unspecified atom stereocenters. The lowest BCUT2D eigenvalue weighted by Crippen LogP contribution is -2.42. The molecular formula is C20H26N2O3. The standard InChI is InChI=1S/C20H26N2O3/c1-14-8-4-6-10-17(14)19(18-11-7-5-9-15(18)2)22-20(24)21-12-16(23)13-25-3/h4-11,16,19,23H,12-13H2,1-3H3,(H2,21,22,24)/t16-/m1/s1. The molecule has 2 aromatic carbocycles. The number of carbonyl (C=O) groups is 1. The SMILES string of the molecule is COC[C@H](O)CNC(=O)NC(c1ccccc1C)c1ccccc1C. The van der Waals surface area contributed by atoms with Gasteiger partial charge in [0, 0.05) is 13.7 Å². The molecule has 134 valence electrons. The van der Waals surface area contributed by atoms with Gasteiger partial charge in [-0.05, 0) is 36.1 Å². The normalized spacial score (nSPS) is 12.0. The van der Waals surface area contributed by atoms with Gasteiger partial charge in [-0.1, -0.05) is 48.5 Å². The van der Waals surface area contributed by atoms with Gasteiger partial charge in [0.2, 0.25) is 0 Å². The van der Waals surface area contributed by atoms with Gasteiger partial charge in [0.1, 0.15) is 0 Å². The molecule has 0 aliphatic carbocycles. The van der Waals surface area contributed by atoms with Crippen molar-refractivity contribution in [2.24, 2.45) is 0 Å². The highest BCUT2D eigenvalue weighted by atomic mass is 16.5. The molecule has 3 N–H and O–H groups in total. The highest BCUT2D eigenvalue weighted by Gasteiger charge is 2.20. The van der Waals surface area contributed by atoms with Crippen LogP contribution in [0.25, 0.3) is 0 Å². The van der Waals surface area contributed by atoms with Crippen molar-refractivity contribution in [3.05, 3.63) is 70.8 Å². The second-order valence-corrected chi connectivity index (χ2v) is 6.11. The molecule has 0 radical (unpaired) electrons. The molecule has 0 aliphatic heterocycles. The number of carbonyl (C=O) groups excluding carboxylic acids is 1. The third-order valence-corrected chi connectivity index (χ3v) is 4.13. The Morgan fingerprint density at radius 3 is 2.04 bits per heavy atom. The van der Waals surface area contributed by atoms with E-state index in [2.05, 4.69) is 10.6 Å². The summed E-state index contributed by atoms with van der Waals surface area (Å²) >= 11 is 0. The summed E-state index contributed by atoms with van der Waals surface area (Å²) in [6, 6.07) is 15.4. The van der Waals surface area contributed by atoms with Crippen LogP contribution in [0, 0.1) is 13.8 Å². The minimum Gasteiger partial charge on any atom is -0.389 e. The molecule has 0 bridgehead atoms. The van der Waals surface area contributed by atoms with Gasteiger partial charge in [-0.15, -0.1) is 0 Å². The fourth-order valence-electron chi connectivity index (χ4n) is 2.79. The van der Waals surface area contributed by atoms with Crippen LogP contribution < -0.4 is 10.6 Å². The van der Waals surface area contributed by atoms with Gasteiger partial charge in [-0.3, -0.25) is 0 Å². The number of methoxy groups -OCH3 is 1. The first-order valence-corrected chi connectivity index (χ1v) is 8.35. The number of nitrogens with one attached hydrogen (secondary N) is 2. The van der Waals surface area contributed by atoms with Crippen molar-refractivity contribution in [3.8, 4) is 0 Å². The molecule has 1 atom stereocenters. The van der Waals surface area contributed by atoms with E-state index in [0.717, 1.165) is 22.3 Å². The molecule has 0 heterocycles. The predicted molar refractivity (Wildman–Crippen MR) is 98.6 cm³/mol. The molecule has 2 aromatic rings. The van der Waals surface area contributed by atoms with Crippen LogP contribution >= 0.6 is 0 Å². The van der Waals surface area contributed by atoms with Gasteiger partial charge in [0.25, 0.3) is 0 Å². The Morgan fingerprint density at radius 1 is 1.04 bits per heavy atom. The van der Waals surface area contributed by atoms with Gasteiger partial charge in [-0.25, -0.2) is 4.79 Å². The molecule has 0 aromatic heterocycles. The van der Waals surface area contributed by atoms with Crippen LogP contribution in [0.1, 0.15) is 28.3 Å². The molecule has 2 amide bonds. The number of benzene rings is 2. The molecule has 2 rings (SSSR count). The van der Waals surface area contributed by atoms with Crippen LogP contribution in [0.15, 0.2) is 48.5 Å².